The van der Waals surface area contributed by atoms with Crippen LogP contribution in [0.3, 0.4) is 0 Å². The van der Waals surface area contributed by atoms with Gasteiger partial charge in [0.25, 0.3) is 0 Å². The molecule has 0 radical (unpaired) electrons. The molecule has 0 bridgehead atoms. The fourth-order valence-electron chi connectivity index (χ4n) is 8.28. The van der Waals surface area contributed by atoms with Crippen molar-refractivity contribution in [3.05, 3.63) is 157 Å². The molecular weight excluding hydrogens is 1130 g/mol. The summed E-state index contributed by atoms with van der Waals surface area (Å²) in [6.07, 6.45) is -25.3. The van der Waals surface area contributed by atoms with E-state index in [-0.39, 0.29) is 32.5 Å². The molecule has 0 amide bonds. The molecule has 27 heteroatoms. The van der Waals surface area contributed by atoms with Crippen LogP contribution in [0.4, 0.5) is 22.7 Å². The van der Waals surface area contributed by atoms with Crippen LogP contribution in [0.15, 0.2) is 167 Å². The molecule has 83 heavy (non-hydrogen) atoms. The number of aliphatic hydroxyl groups excluding tert-OH is 15. The van der Waals surface area contributed by atoms with Crippen molar-refractivity contribution in [1.82, 2.24) is 10.6 Å². The van der Waals surface area contributed by atoms with Crippen LogP contribution in [-0.2, 0) is 6.54 Å². The zero-order chi connectivity index (χ0) is 60.7. The molecule has 0 spiro atoms. The predicted octanol–water partition coefficient (Wildman–Crippen LogP) is -0.996. The van der Waals surface area contributed by atoms with Gasteiger partial charge in [0.1, 0.15) is 109 Å². The Bertz CT molecular complexity index is 2900. The zero-order valence-electron chi connectivity index (χ0n) is 44.7. The van der Waals surface area contributed by atoms with Crippen LogP contribution in [-0.4, -0.2) is 207 Å². The lowest BCUT2D eigenvalue weighted by Crippen LogP contribution is -2.62. The molecule has 15 atom stereocenters. The van der Waals surface area contributed by atoms with E-state index in [1.54, 1.807) is 91.0 Å². The van der Waals surface area contributed by atoms with Crippen LogP contribution in [0, 0.1) is 5.92 Å². The first-order valence-corrected chi connectivity index (χ1v) is 27.2. The van der Waals surface area contributed by atoms with E-state index in [0.29, 0.717) is 41.8 Å². The molecule has 3 aliphatic rings. The number of rotatable bonds is 11. The standard InChI is InChI=1S/C20H23N3O5S.C19H21N3O5S.C17H25N3O5S/c24-15-14(16(25)18(27)19(28)17(15)26)22-23(13-9-5-2-6-10-13)20(29)21-11-12-7-3-1-4-8-12;23-14-13(15(24)17(26)18(27)16(14)25)21-22(12-9-5-2-6-10-12)19(28)20-11-7-3-1-4-8-11;1-9(2)8-18-17(26)20(10-6-4-3-5-7-10)19-11-12(21)14(23)16(25)15(24)13(11)22/h1-10,15-19,24-28H,11H2,(H,21,29);1-10,14-18,23-27H,(H,20,28);3-7,9,12-16,21-25H,8H2,1-2H3,(H,18,26)/t15-,16+,17-,18-,19?;14-,15+,16-,17-,18?;12-,13+,14-,15-,16?/m111/s1. The monoisotopic (exact) mass is 1200 g/mol. The number of para-hydroxylation sites is 4. The Balaban J connectivity index is 0.000000200. The molecule has 3 aliphatic carbocycles. The maximum Gasteiger partial charge on any atom is 0.198 e. The molecule has 0 saturated heterocycles. The molecule has 3 fully saturated rings. The summed E-state index contributed by atoms with van der Waals surface area (Å²) < 4.78 is 0. The van der Waals surface area contributed by atoms with Crippen molar-refractivity contribution in [3.63, 3.8) is 0 Å². The second-order valence-electron chi connectivity index (χ2n) is 19.6. The van der Waals surface area contributed by atoms with E-state index in [9.17, 15) is 76.6 Å². The van der Waals surface area contributed by atoms with E-state index >= 15 is 0 Å². The summed E-state index contributed by atoms with van der Waals surface area (Å²) in [5.74, 6) is 0.322. The summed E-state index contributed by atoms with van der Waals surface area (Å²) in [6.45, 7) is 5.03. The topological polar surface area (TPSA) is 386 Å². The van der Waals surface area contributed by atoms with Crippen molar-refractivity contribution in [2.45, 2.75) is 112 Å². The molecule has 446 valence electrons. The number of hydrogen-bond acceptors (Lipinski definition) is 21. The highest BCUT2D eigenvalue weighted by Gasteiger charge is 2.49. The van der Waals surface area contributed by atoms with Crippen LogP contribution in [0.25, 0.3) is 0 Å². The number of anilines is 4. The van der Waals surface area contributed by atoms with Crippen LogP contribution in [0.2, 0.25) is 0 Å². The minimum Gasteiger partial charge on any atom is -0.387 e. The summed E-state index contributed by atoms with van der Waals surface area (Å²) in [4.78, 5) is 0. The normalized spacial score (nSPS) is 29.1. The van der Waals surface area contributed by atoms with Crippen molar-refractivity contribution >= 4 is 91.9 Å². The minimum atomic E-state index is -1.71. The first kappa shape index (κ1) is 65.7. The average Bonchev–Trinajstić information content (AvgIpc) is 3.71. The van der Waals surface area contributed by atoms with Gasteiger partial charge in [-0.05, 0) is 96.7 Å². The van der Waals surface area contributed by atoms with Crippen LogP contribution < -0.4 is 31.0 Å². The van der Waals surface area contributed by atoms with E-state index in [1.807, 2.05) is 74.5 Å². The van der Waals surface area contributed by atoms with Gasteiger partial charge < -0.3 is 92.5 Å². The number of nitrogens with one attached hydrogen (secondary N) is 3. The molecular formula is C56H69N9O15S3. The Labute approximate surface area is 494 Å². The van der Waals surface area contributed by atoms with E-state index in [4.69, 9.17) is 36.7 Å². The third-order valence-corrected chi connectivity index (χ3v) is 14.0. The smallest absolute Gasteiger partial charge is 0.198 e. The van der Waals surface area contributed by atoms with Crippen LogP contribution in [0.1, 0.15) is 19.4 Å². The van der Waals surface area contributed by atoms with Crippen LogP contribution >= 0.6 is 36.7 Å². The van der Waals surface area contributed by atoms with Gasteiger partial charge in [-0.3, -0.25) is 0 Å². The number of nitrogens with zero attached hydrogens (tertiary/aromatic N) is 6. The highest BCUT2D eigenvalue weighted by Crippen LogP contribution is 2.26. The first-order chi connectivity index (χ1) is 39.5. The predicted molar refractivity (Wildman–Crippen MR) is 323 cm³/mol. The average molecular weight is 1200 g/mol. The third kappa shape index (κ3) is 16.9. The lowest BCUT2D eigenvalue weighted by atomic mass is 9.85. The second-order valence-corrected chi connectivity index (χ2v) is 20.8. The summed E-state index contributed by atoms with van der Waals surface area (Å²) in [5, 5.41) is 176. The molecule has 8 rings (SSSR count). The highest BCUT2D eigenvalue weighted by molar-refractivity contribution is 7.81. The van der Waals surface area contributed by atoms with Crippen molar-refractivity contribution in [2.24, 2.45) is 21.2 Å². The summed E-state index contributed by atoms with van der Waals surface area (Å²) in [6, 6.07) is 45.0. The highest BCUT2D eigenvalue weighted by atomic mass is 32.1. The quantitative estimate of drug-likeness (QED) is 0.0557. The summed E-state index contributed by atoms with van der Waals surface area (Å²) >= 11 is 16.3. The van der Waals surface area contributed by atoms with Crippen LogP contribution in [0.5, 0.6) is 0 Å². The summed E-state index contributed by atoms with van der Waals surface area (Å²) in [5.41, 5.74) is 2.42. The first-order valence-electron chi connectivity index (χ1n) is 26.0. The van der Waals surface area contributed by atoms with Crippen molar-refractivity contribution < 1.29 is 76.6 Å². The Morgan fingerprint density at radius 1 is 0.373 bits per heavy atom. The third-order valence-electron chi connectivity index (χ3n) is 13.1. The summed E-state index contributed by atoms with van der Waals surface area (Å²) in [7, 11) is 0. The van der Waals surface area contributed by atoms with Gasteiger partial charge in [0.2, 0.25) is 0 Å². The second kappa shape index (κ2) is 30.9. The van der Waals surface area contributed by atoms with Gasteiger partial charge in [-0.25, -0.2) is 15.0 Å². The number of thiocarbonyl (C=S) groups is 3. The molecule has 18 N–H and O–H groups in total. The SMILES string of the molecule is CC(C)CNC(=S)N(N=C1[C@@H](O)[C@@H](O)C(O)[C@H](O)[C@H]1O)c1ccccc1.OC1[C@H](O)[C@H](O)C(=NN(C(=S)NCc2ccccc2)c2ccccc2)[C@H](O)[C@H]1O.OC1[C@H](O)[C@H](O)C(=NN(C(=S)Nc2ccccc2)c2ccccc2)[C@H](O)[C@H]1O. The molecule has 3 unspecified atom stereocenters. The molecule has 0 aromatic heterocycles. The minimum absolute atomic E-state index is 0.138. The van der Waals surface area contributed by atoms with E-state index in [1.165, 1.54) is 15.0 Å². The van der Waals surface area contributed by atoms with Crippen molar-refractivity contribution in [1.29, 1.82) is 0 Å². The van der Waals surface area contributed by atoms with E-state index in [0.717, 1.165) is 5.56 Å². The van der Waals surface area contributed by atoms with E-state index in [2.05, 4.69) is 31.3 Å². The number of aliphatic hydroxyl groups is 15. The fourth-order valence-corrected chi connectivity index (χ4v) is 9.00. The Morgan fingerprint density at radius 2 is 0.639 bits per heavy atom. The Morgan fingerprint density at radius 3 is 0.940 bits per heavy atom. The van der Waals surface area contributed by atoms with Gasteiger partial charge in [-0.1, -0.05) is 117 Å². The van der Waals surface area contributed by atoms with Gasteiger partial charge in [0.05, 0.1) is 17.1 Å². The lowest BCUT2D eigenvalue weighted by Gasteiger charge is -2.37. The largest absolute Gasteiger partial charge is 0.387 e. The molecule has 24 nitrogen and oxygen atoms in total. The molecule has 0 aliphatic heterocycles. The number of hydrogen-bond donors (Lipinski definition) is 18. The maximum absolute atomic E-state index is 10.3. The molecule has 5 aromatic carbocycles. The van der Waals surface area contributed by atoms with E-state index < -0.39 is 91.6 Å². The van der Waals surface area contributed by atoms with Crippen molar-refractivity contribution in [3.8, 4) is 0 Å². The Kier molecular flexibility index (Phi) is 24.5. The molecule has 0 heterocycles. The van der Waals surface area contributed by atoms with Gasteiger partial charge in [-0.15, -0.1) is 0 Å². The van der Waals surface area contributed by atoms with Gasteiger partial charge in [0.15, 0.2) is 15.3 Å². The molecule has 5 aromatic rings. The van der Waals surface area contributed by atoms with Gasteiger partial charge in [-0.2, -0.15) is 15.3 Å². The zero-order valence-corrected chi connectivity index (χ0v) is 47.2. The fraction of sp³-hybridized carbons (Fsp3) is 0.357. The lowest BCUT2D eigenvalue weighted by molar-refractivity contribution is -0.130. The Hall–Kier alpha value is -6.42. The van der Waals surface area contributed by atoms with Gasteiger partial charge in [0, 0.05) is 18.8 Å². The number of hydrazone groups is 3. The van der Waals surface area contributed by atoms with Crippen molar-refractivity contribution in [2.75, 3.05) is 26.9 Å². The molecule has 3 saturated carbocycles. The number of benzene rings is 5. The maximum atomic E-state index is 10.3. The van der Waals surface area contributed by atoms with Gasteiger partial charge >= 0.3 is 0 Å².